The van der Waals surface area contributed by atoms with Gasteiger partial charge in [-0.3, -0.25) is 4.99 Å². The number of fused-ring (bicyclic) bond motifs is 1. The number of hydrogen-bond donors (Lipinski definition) is 3. The molecule has 0 saturated heterocycles. The molecule has 2 aromatic heterocycles. The molecule has 4 aromatic rings. The van der Waals surface area contributed by atoms with Crippen LogP contribution in [-0.4, -0.2) is 36.1 Å². The number of aromatic nitrogens is 2. The maximum Gasteiger partial charge on any atom is 0.226 e. The lowest BCUT2D eigenvalue weighted by atomic mass is 10.1. The third-order valence-corrected chi connectivity index (χ3v) is 5.15. The number of rotatable bonds is 7. The molecule has 2 aromatic carbocycles. The predicted molar refractivity (Wildman–Crippen MR) is 137 cm³/mol. The number of halogens is 2. The maximum atomic E-state index is 13.1. The Labute approximate surface area is 203 Å². The first-order chi connectivity index (χ1) is 15.1. The second-order valence-corrected chi connectivity index (χ2v) is 7.44. The van der Waals surface area contributed by atoms with Crippen LogP contribution in [0.2, 0.25) is 0 Å². The summed E-state index contributed by atoms with van der Waals surface area (Å²) in [6, 6.07) is 12.6. The first kappa shape index (κ1) is 23.8. The minimum absolute atomic E-state index is 0. The van der Waals surface area contributed by atoms with Crippen LogP contribution in [-0.2, 0) is 12.8 Å². The Bertz CT molecular complexity index is 1180. The molecule has 0 aliphatic rings. The van der Waals surface area contributed by atoms with E-state index in [1.54, 1.807) is 25.4 Å². The fourth-order valence-electron chi connectivity index (χ4n) is 3.50. The van der Waals surface area contributed by atoms with Gasteiger partial charge in [-0.2, -0.15) is 0 Å². The molecule has 0 atom stereocenters. The summed E-state index contributed by atoms with van der Waals surface area (Å²) in [5.74, 6) is 0.961. The molecule has 0 amide bonds. The van der Waals surface area contributed by atoms with Crippen molar-refractivity contribution in [1.29, 1.82) is 0 Å². The van der Waals surface area contributed by atoms with Gasteiger partial charge in [-0.25, -0.2) is 9.37 Å². The van der Waals surface area contributed by atoms with E-state index in [9.17, 15) is 4.39 Å². The second-order valence-electron chi connectivity index (χ2n) is 7.44. The fourth-order valence-corrected chi connectivity index (χ4v) is 3.50. The van der Waals surface area contributed by atoms with Gasteiger partial charge in [0.05, 0.1) is 5.69 Å². The monoisotopic (exact) mass is 547 g/mol. The highest BCUT2D eigenvalue weighted by atomic mass is 127. The maximum absolute atomic E-state index is 13.1. The molecule has 2 heterocycles. The highest BCUT2D eigenvalue weighted by Crippen LogP contribution is 2.20. The van der Waals surface area contributed by atoms with E-state index in [-0.39, 0.29) is 29.8 Å². The van der Waals surface area contributed by atoms with E-state index >= 15 is 0 Å². The van der Waals surface area contributed by atoms with Crippen LogP contribution in [0.25, 0.3) is 22.4 Å². The topological polar surface area (TPSA) is 78.2 Å². The van der Waals surface area contributed by atoms with E-state index in [0.29, 0.717) is 18.9 Å². The third-order valence-electron chi connectivity index (χ3n) is 5.15. The van der Waals surface area contributed by atoms with Gasteiger partial charge in [0.2, 0.25) is 5.89 Å². The van der Waals surface area contributed by atoms with Crippen molar-refractivity contribution in [3.05, 3.63) is 77.6 Å². The van der Waals surface area contributed by atoms with Crippen LogP contribution < -0.4 is 10.6 Å². The number of aliphatic imine (C=N–C) groups is 1. The molecule has 0 bridgehead atoms. The average Bonchev–Trinajstić information content (AvgIpc) is 3.40. The summed E-state index contributed by atoms with van der Waals surface area (Å²) < 4.78 is 18.6. The van der Waals surface area contributed by atoms with Gasteiger partial charge in [0.1, 0.15) is 12.1 Å². The van der Waals surface area contributed by atoms with Crippen molar-refractivity contribution in [3.8, 4) is 11.5 Å². The van der Waals surface area contributed by atoms with E-state index in [4.69, 9.17) is 4.42 Å². The lowest BCUT2D eigenvalue weighted by Gasteiger charge is -2.11. The van der Waals surface area contributed by atoms with Crippen molar-refractivity contribution in [2.45, 2.75) is 19.8 Å². The quantitative estimate of drug-likeness (QED) is 0.176. The van der Waals surface area contributed by atoms with Gasteiger partial charge in [-0.15, -0.1) is 24.0 Å². The lowest BCUT2D eigenvalue weighted by Crippen LogP contribution is -2.39. The number of benzene rings is 2. The number of H-pyrrole nitrogens is 1. The Balaban J connectivity index is 0.00000289. The average molecular weight is 547 g/mol. The van der Waals surface area contributed by atoms with E-state index in [0.717, 1.165) is 30.2 Å². The van der Waals surface area contributed by atoms with Crippen LogP contribution in [0.4, 0.5) is 4.39 Å². The van der Waals surface area contributed by atoms with Crippen LogP contribution in [0.5, 0.6) is 0 Å². The Kier molecular flexibility index (Phi) is 8.26. The number of guanidine groups is 1. The standard InChI is InChI=1S/C24H26FN5O.HI/c1-16-3-8-21-18(14-29-22(21)13-16)9-11-27-24(26-2)28-12-10-20-15-31-23(30-20)17-4-6-19(25)7-5-17;/h3-8,13-15,29H,9-12H2,1-2H3,(H2,26,27,28);1H. The Morgan fingerprint density at radius 1 is 1.09 bits per heavy atom. The molecule has 4 rings (SSSR count). The molecule has 3 N–H and O–H groups in total. The lowest BCUT2D eigenvalue weighted by molar-refractivity contribution is 0.571. The van der Waals surface area contributed by atoms with Crippen molar-refractivity contribution in [2.24, 2.45) is 4.99 Å². The fraction of sp³-hybridized carbons (Fsp3) is 0.250. The summed E-state index contributed by atoms with van der Waals surface area (Å²) in [5, 5.41) is 7.91. The molecule has 0 unspecified atom stereocenters. The van der Waals surface area contributed by atoms with E-state index in [1.807, 2.05) is 0 Å². The van der Waals surface area contributed by atoms with Crippen LogP contribution in [0.1, 0.15) is 16.8 Å². The van der Waals surface area contributed by atoms with Crippen LogP contribution in [0.15, 0.2) is 64.3 Å². The molecule has 0 saturated carbocycles. The Morgan fingerprint density at radius 2 is 1.84 bits per heavy atom. The van der Waals surface area contributed by atoms with Gasteiger partial charge in [0, 0.05) is 49.2 Å². The summed E-state index contributed by atoms with van der Waals surface area (Å²) >= 11 is 0. The van der Waals surface area contributed by atoms with Crippen molar-refractivity contribution in [2.75, 3.05) is 20.1 Å². The van der Waals surface area contributed by atoms with Crippen molar-refractivity contribution in [1.82, 2.24) is 20.6 Å². The minimum atomic E-state index is -0.279. The van der Waals surface area contributed by atoms with E-state index < -0.39 is 0 Å². The van der Waals surface area contributed by atoms with Gasteiger partial charge in [-0.1, -0.05) is 12.1 Å². The molecule has 0 radical (unpaired) electrons. The van der Waals surface area contributed by atoms with Crippen molar-refractivity contribution < 1.29 is 8.81 Å². The second kappa shape index (κ2) is 11.1. The molecule has 168 valence electrons. The van der Waals surface area contributed by atoms with E-state index in [1.165, 1.54) is 34.2 Å². The summed E-state index contributed by atoms with van der Waals surface area (Å²) in [6.45, 7) is 3.54. The number of nitrogens with zero attached hydrogens (tertiary/aromatic N) is 2. The predicted octanol–water partition coefficient (Wildman–Crippen LogP) is 4.84. The Morgan fingerprint density at radius 3 is 2.59 bits per heavy atom. The zero-order valence-corrected chi connectivity index (χ0v) is 20.4. The number of nitrogens with one attached hydrogen (secondary N) is 3. The zero-order chi connectivity index (χ0) is 21.6. The first-order valence-electron chi connectivity index (χ1n) is 10.3. The number of oxazole rings is 1. The number of aromatic amines is 1. The molecule has 32 heavy (non-hydrogen) atoms. The smallest absolute Gasteiger partial charge is 0.226 e. The summed E-state index contributed by atoms with van der Waals surface area (Å²) in [5.41, 5.74) is 5.29. The molecule has 6 nitrogen and oxygen atoms in total. The molecular weight excluding hydrogens is 520 g/mol. The normalized spacial score (nSPS) is 11.4. The van der Waals surface area contributed by atoms with Gasteiger partial charge in [-0.05, 0) is 54.8 Å². The highest BCUT2D eigenvalue weighted by molar-refractivity contribution is 14.0. The van der Waals surface area contributed by atoms with Crippen LogP contribution in [0.3, 0.4) is 0 Å². The van der Waals surface area contributed by atoms with Gasteiger partial charge >= 0.3 is 0 Å². The molecule has 8 heteroatoms. The third kappa shape index (κ3) is 5.87. The van der Waals surface area contributed by atoms with Gasteiger partial charge in [0.15, 0.2) is 5.96 Å². The van der Waals surface area contributed by atoms with Crippen molar-refractivity contribution in [3.63, 3.8) is 0 Å². The van der Waals surface area contributed by atoms with E-state index in [2.05, 4.69) is 56.9 Å². The molecule has 0 aliphatic carbocycles. The SMILES string of the molecule is CN=C(NCCc1coc(-c2ccc(F)cc2)n1)NCCc1c[nH]c2cc(C)ccc12.I. The Hall–Kier alpha value is -2.88. The molecular formula is C24H27FIN5O. The largest absolute Gasteiger partial charge is 0.444 e. The number of aryl methyl sites for hydroxylation is 1. The number of hydrogen-bond acceptors (Lipinski definition) is 3. The summed E-state index contributed by atoms with van der Waals surface area (Å²) in [6.07, 6.45) is 5.29. The minimum Gasteiger partial charge on any atom is -0.444 e. The van der Waals surface area contributed by atoms with Crippen LogP contribution >= 0.6 is 24.0 Å². The highest BCUT2D eigenvalue weighted by Gasteiger charge is 2.08. The van der Waals surface area contributed by atoms with Gasteiger partial charge in [0.25, 0.3) is 0 Å². The summed E-state index contributed by atoms with van der Waals surface area (Å²) in [4.78, 5) is 12.1. The first-order valence-corrected chi connectivity index (χ1v) is 10.3. The van der Waals surface area contributed by atoms with Crippen LogP contribution in [0, 0.1) is 12.7 Å². The summed E-state index contributed by atoms with van der Waals surface area (Å²) in [7, 11) is 1.76. The molecule has 0 fully saturated rings. The van der Waals surface area contributed by atoms with Crippen molar-refractivity contribution >= 4 is 40.8 Å². The molecule has 0 aliphatic heterocycles. The van der Waals surface area contributed by atoms with Gasteiger partial charge < -0.3 is 20.0 Å². The zero-order valence-electron chi connectivity index (χ0n) is 18.1. The molecule has 0 spiro atoms.